The first-order chi connectivity index (χ1) is 7.70. The average Bonchev–Trinajstić information content (AvgIpc) is 2.87. The van der Waals surface area contributed by atoms with E-state index in [4.69, 9.17) is 10.2 Å². The van der Waals surface area contributed by atoms with Gasteiger partial charge in [0.2, 0.25) is 5.76 Å². The molecule has 0 aliphatic carbocycles. The summed E-state index contributed by atoms with van der Waals surface area (Å²) >= 11 is 0. The fourth-order valence-corrected chi connectivity index (χ4v) is 1.98. The molecule has 1 aromatic rings. The summed E-state index contributed by atoms with van der Waals surface area (Å²) in [6.45, 7) is 2.52. The standard InChI is InChI=1S/C11H16N2O3/c1-15-11(14)10-8(3-5-16-10)6-13-4-2-9(12)7-13/h3,5,9H,2,4,6-7,12H2,1H3/t9-/m0/s1. The lowest BCUT2D eigenvalue weighted by Gasteiger charge is -2.14. The predicted octanol–water partition coefficient (Wildman–Crippen LogP) is 0.599. The Balaban J connectivity index is 2.04. The molecule has 2 rings (SSSR count). The maximum Gasteiger partial charge on any atom is 0.374 e. The van der Waals surface area contributed by atoms with Gasteiger partial charge in [-0.3, -0.25) is 4.90 Å². The quantitative estimate of drug-likeness (QED) is 0.761. The number of carbonyl (C=O) groups excluding carboxylic acids is 1. The summed E-state index contributed by atoms with van der Waals surface area (Å²) in [6.07, 6.45) is 2.52. The molecule has 5 heteroatoms. The Morgan fingerprint density at radius 1 is 1.75 bits per heavy atom. The smallest absolute Gasteiger partial charge is 0.374 e. The van der Waals surface area contributed by atoms with Gasteiger partial charge < -0.3 is 14.9 Å². The molecule has 1 saturated heterocycles. The Bertz CT molecular complexity index is 375. The Hall–Kier alpha value is -1.33. The van der Waals surface area contributed by atoms with Gasteiger partial charge >= 0.3 is 5.97 Å². The largest absolute Gasteiger partial charge is 0.463 e. The molecule has 1 aliphatic heterocycles. The van der Waals surface area contributed by atoms with Crippen molar-refractivity contribution in [2.45, 2.75) is 19.0 Å². The molecular weight excluding hydrogens is 208 g/mol. The third kappa shape index (κ3) is 2.25. The van der Waals surface area contributed by atoms with Crippen LogP contribution in [0.2, 0.25) is 0 Å². The molecule has 0 amide bonds. The first-order valence-corrected chi connectivity index (χ1v) is 5.33. The van der Waals surface area contributed by atoms with Crippen LogP contribution in [0.1, 0.15) is 22.5 Å². The van der Waals surface area contributed by atoms with Crippen LogP contribution in [0.3, 0.4) is 0 Å². The lowest BCUT2D eigenvalue weighted by atomic mass is 10.2. The van der Waals surface area contributed by atoms with Crippen molar-refractivity contribution in [3.8, 4) is 0 Å². The second-order valence-electron chi connectivity index (χ2n) is 4.05. The van der Waals surface area contributed by atoms with Crippen molar-refractivity contribution >= 4 is 5.97 Å². The monoisotopic (exact) mass is 224 g/mol. The van der Waals surface area contributed by atoms with Gasteiger partial charge in [-0.25, -0.2) is 4.79 Å². The molecular formula is C11H16N2O3. The number of ether oxygens (including phenoxy) is 1. The number of likely N-dealkylation sites (tertiary alicyclic amines) is 1. The van der Waals surface area contributed by atoms with Crippen LogP contribution in [0.15, 0.2) is 16.7 Å². The van der Waals surface area contributed by atoms with E-state index in [9.17, 15) is 4.79 Å². The Morgan fingerprint density at radius 2 is 2.56 bits per heavy atom. The van der Waals surface area contributed by atoms with Gasteiger partial charge in [0.1, 0.15) is 0 Å². The van der Waals surface area contributed by atoms with Crippen LogP contribution in [-0.4, -0.2) is 37.1 Å². The van der Waals surface area contributed by atoms with Gasteiger partial charge in [0, 0.05) is 31.2 Å². The van der Waals surface area contributed by atoms with E-state index in [2.05, 4.69) is 9.64 Å². The van der Waals surface area contributed by atoms with E-state index in [0.29, 0.717) is 12.3 Å². The maximum atomic E-state index is 11.4. The Morgan fingerprint density at radius 3 is 3.19 bits per heavy atom. The van der Waals surface area contributed by atoms with E-state index >= 15 is 0 Å². The third-order valence-electron chi connectivity index (χ3n) is 2.82. The van der Waals surface area contributed by atoms with Gasteiger partial charge in [-0.1, -0.05) is 0 Å². The van der Waals surface area contributed by atoms with E-state index < -0.39 is 5.97 Å². The number of nitrogens with two attached hydrogens (primary N) is 1. The number of methoxy groups -OCH3 is 1. The van der Waals surface area contributed by atoms with Gasteiger partial charge in [-0.15, -0.1) is 0 Å². The molecule has 1 atom stereocenters. The number of hydrogen-bond donors (Lipinski definition) is 1. The third-order valence-corrected chi connectivity index (χ3v) is 2.82. The van der Waals surface area contributed by atoms with Crippen molar-refractivity contribution in [2.24, 2.45) is 5.73 Å². The number of carbonyl (C=O) groups is 1. The number of esters is 1. The van der Waals surface area contributed by atoms with Crippen LogP contribution in [0.25, 0.3) is 0 Å². The minimum Gasteiger partial charge on any atom is -0.463 e. The van der Waals surface area contributed by atoms with Crippen molar-refractivity contribution in [3.05, 3.63) is 23.7 Å². The van der Waals surface area contributed by atoms with E-state index in [1.54, 1.807) is 6.07 Å². The first kappa shape index (κ1) is 11.2. The highest BCUT2D eigenvalue weighted by Crippen LogP contribution is 2.17. The molecule has 0 aromatic carbocycles. The molecule has 1 aromatic heterocycles. The van der Waals surface area contributed by atoms with Crippen molar-refractivity contribution in [1.82, 2.24) is 4.90 Å². The Labute approximate surface area is 94.1 Å². The van der Waals surface area contributed by atoms with E-state index in [1.165, 1.54) is 13.4 Å². The molecule has 0 unspecified atom stereocenters. The summed E-state index contributed by atoms with van der Waals surface area (Å²) in [7, 11) is 1.35. The molecule has 0 saturated carbocycles. The van der Waals surface area contributed by atoms with E-state index in [0.717, 1.165) is 25.1 Å². The minimum absolute atomic E-state index is 0.244. The van der Waals surface area contributed by atoms with Crippen molar-refractivity contribution < 1.29 is 13.9 Å². The average molecular weight is 224 g/mol. The van der Waals surface area contributed by atoms with Gasteiger partial charge in [0.15, 0.2) is 0 Å². The highest BCUT2D eigenvalue weighted by molar-refractivity contribution is 5.87. The topological polar surface area (TPSA) is 68.7 Å². The fourth-order valence-electron chi connectivity index (χ4n) is 1.98. The minimum atomic E-state index is -0.427. The predicted molar refractivity (Wildman–Crippen MR) is 57.9 cm³/mol. The summed E-state index contributed by atoms with van der Waals surface area (Å²) in [5.41, 5.74) is 6.68. The van der Waals surface area contributed by atoms with Crippen molar-refractivity contribution in [1.29, 1.82) is 0 Å². The summed E-state index contributed by atoms with van der Waals surface area (Å²) in [4.78, 5) is 13.6. The summed E-state index contributed by atoms with van der Waals surface area (Å²) in [5.74, 6) is -0.133. The molecule has 2 heterocycles. The lowest BCUT2D eigenvalue weighted by Crippen LogP contribution is -2.26. The molecule has 16 heavy (non-hydrogen) atoms. The van der Waals surface area contributed by atoms with Crippen molar-refractivity contribution in [3.63, 3.8) is 0 Å². The second kappa shape index (κ2) is 4.67. The first-order valence-electron chi connectivity index (χ1n) is 5.33. The SMILES string of the molecule is COC(=O)c1occc1CN1CC[C@H](N)C1. The highest BCUT2D eigenvalue weighted by atomic mass is 16.5. The van der Waals surface area contributed by atoms with Crippen LogP contribution < -0.4 is 5.73 Å². The zero-order chi connectivity index (χ0) is 11.5. The van der Waals surface area contributed by atoms with Crippen LogP contribution in [0.5, 0.6) is 0 Å². The molecule has 5 nitrogen and oxygen atoms in total. The van der Waals surface area contributed by atoms with Crippen LogP contribution >= 0.6 is 0 Å². The second-order valence-corrected chi connectivity index (χ2v) is 4.05. The molecule has 88 valence electrons. The normalized spacial score (nSPS) is 21.2. The van der Waals surface area contributed by atoms with Crippen LogP contribution in [0.4, 0.5) is 0 Å². The van der Waals surface area contributed by atoms with E-state index in [-0.39, 0.29) is 6.04 Å². The molecule has 2 N–H and O–H groups in total. The number of hydrogen-bond acceptors (Lipinski definition) is 5. The summed E-state index contributed by atoms with van der Waals surface area (Å²) in [5, 5.41) is 0. The number of nitrogens with zero attached hydrogens (tertiary/aromatic N) is 1. The van der Waals surface area contributed by atoms with Gasteiger partial charge in [-0.05, 0) is 12.5 Å². The van der Waals surface area contributed by atoms with E-state index in [1.807, 2.05) is 0 Å². The van der Waals surface area contributed by atoms with Crippen molar-refractivity contribution in [2.75, 3.05) is 20.2 Å². The van der Waals surface area contributed by atoms with Gasteiger partial charge in [-0.2, -0.15) is 0 Å². The Kier molecular flexibility index (Phi) is 3.26. The fraction of sp³-hybridized carbons (Fsp3) is 0.545. The summed E-state index contributed by atoms with van der Waals surface area (Å²) < 4.78 is 9.77. The van der Waals surface area contributed by atoms with Crippen LogP contribution in [0, 0.1) is 0 Å². The molecule has 1 fully saturated rings. The zero-order valence-corrected chi connectivity index (χ0v) is 9.31. The van der Waals surface area contributed by atoms with Crippen LogP contribution in [-0.2, 0) is 11.3 Å². The summed E-state index contributed by atoms with van der Waals surface area (Å²) in [6, 6.07) is 2.05. The molecule has 1 aliphatic rings. The highest BCUT2D eigenvalue weighted by Gasteiger charge is 2.22. The lowest BCUT2D eigenvalue weighted by molar-refractivity contribution is 0.0562. The van der Waals surface area contributed by atoms with Gasteiger partial charge in [0.05, 0.1) is 13.4 Å². The molecule has 0 bridgehead atoms. The molecule has 0 radical (unpaired) electrons. The number of rotatable bonds is 3. The molecule has 0 spiro atoms. The zero-order valence-electron chi connectivity index (χ0n) is 9.31. The van der Waals surface area contributed by atoms with Gasteiger partial charge in [0.25, 0.3) is 0 Å². The maximum absolute atomic E-state index is 11.4. The number of furan rings is 1.